The Morgan fingerprint density at radius 1 is 0.821 bits per heavy atom. The summed E-state index contributed by atoms with van der Waals surface area (Å²) in [5.41, 5.74) is 0.945. The van der Waals surface area contributed by atoms with Crippen molar-refractivity contribution in [3.8, 4) is 11.5 Å². The Kier molecular flexibility index (Phi) is 12.0. The molecule has 0 radical (unpaired) electrons. The van der Waals surface area contributed by atoms with Crippen LogP contribution >= 0.6 is 0 Å². The molecule has 0 N–H and O–H groups in total. The van der Waals surface area contributed by atoms with E-state index in [0.717, 1.165) is 24.8 Å². The highest BCUT2D eigenvalue weighted by molar-refractivity contribution is 5.42. The number of unbranched alkanes of at least 4 members (excludes halogenated alkanes) is 7. The van der Waals surface area contributed by atoms with Crippen molar-refractivity contribution in [2.24, 2.45) is 0 Å². The molecule has 0 saturated heterocycles. The van der Waals surface area contributed by atoms with Crippen LogP contribution in [0.3, 0.4) is 0 Å². The van der Waals surface area contributed by atoms with Gasteiger partial charge in [0.15, 0.2) is 11.5 Å². The predicted octanol–water partition coefficient (Wildman–Crippen LogP) is 6.25. The molecule has 162 valence electrons. The van der Waals surface area contributed by atoms with E-state index in [0.29, 0.717) is 31.0 Å². The van der Waals surface area contributed by atoms with E-state index < -0.39 is 12.7 Å². The van der Waals surface area contributed by atoms with Crippen molar-refractivity contribution in [1.29, 1.82) is 0 Å². The van der Waals surface area contributed by atoms with Gasteiger partial charge in [-0.2, -0.15) is 13.2 Å². The van der Waals surface area contributed by atoms with E-state index in [1.807, 2.05) is 12.1 Å². The van der Waals surface area contributed by atoms with Crippen molar-refractivity contribution in [2.45, 2.75) is 70.9 Å². The van der Waals surface area contributed by atoms with Crippen LogP contribution < -0.4 is 9.47 Å². The third-order valence-corrected chi connectivity index (χ3v) is 4.90. The van der Waals surface area contributed by atoms with E-state index in [1.54, 1.807) is 20.3 Å². The van der Waals surface area contributed by atoms with Gasteiger partial charge in [0, 0.05) is 6.54 Å². The Bertz CT molecular complexity index is 535. The van der Waals surface area contributed by atoms with Gasteiger partial charge in [0.2, 0.25) is 0 Å². The summed E-state index contributed by atoms with van der Waals surface area (Å²) in [6.07, 6.45) is 5.49. The Morgan fingerprint density at radius 3 is 2.00 bits per heavy atom. The lowest BCUT2D eigenvalue weighted by Gasteiger charge is -2.24. The van der Waals surface area contributed by atoms with Gasteiger partial charge < -0.3 is 9.47 Å². The minimum atomic E-state index is -4.17. The molecule has 0 saturated carbocycles. The number of halogens is 3. The molecule has 0 aromatic heterocycles. The zero-order valence-electron chi connectivity index (χ0n) is 17.6. The standard InChI is InChI=1S/C22H36F3NO2/c1-4-5-6-7-8-9-10-11-15-26(18-22(23,24)25)16-14-19-12-13-20(27-2)21(17-19)28-3/h12-13,17H,4-11,14-16,18H2,1-3H3. The first-order valence-electron chi connectivity index (χ1n) is 10.4. The van der Waals surface area contributed by atoms with Crippen LogP contribution in [-0.2, 0) is 6.42 Å². The van der Waals surface area contributed by atoms with E-state index in [-0.39, 0.29) is 0 Å². The monoisotopic (exact) mass is 403 g/mol. The number of rotatable bonds is 15. The van der Waals surface area contributed by atoms with Gasteiger partial charge in [-0.25, -0.2) is 0 Å². The van der Waals surface area contributed by atoms with E-state index in [1.165, 1.54) is 37.0 Å². The first-order chi connectivity index (χ1) is 13.4. The smallest absolute Gasteiger partial charge is 0.401 e. The van der Waals surface area contributed by atoms with Crippen LogP contribution in [0.15, 0.2) is 18.2 Å². The lowest BCUT2D eigenvalue weighted by Crippen LogP contribution is -2.36. The van der Waals surface area contributed by atoms with Crippen LogP contribution in [0.2, 0.25) is 0 Å². The van der Waals surface area contributed by atoms with Crippen molar-refractivity contribution < 1.29 is 22.6 Å². The number of benzene rings is 1. The molecular weight excluding hydrogens is 367 g/mol. The van der Waals surface area contributed by atoms with Gasteiger partial charge in [-0.15, -0.1) is 0 Å². The van der Waals surface area contributed by atoms with E-state index in [4.69, 9.17) is 9.47 Å². The quantitative estimate of drug-likeness (QED) is 0.323. The maximum absolute atomic E-state index is 12.9. The Morgan fingerprint density at radius 2 is 1.43 bits per heavy atom. The first-order valence-corrected chi connectivity index (χ1v) is 10.4. The van der Waals surface area contributed by atoms with Gasteiger partial charge in [0.05, 0.1) is 20.8 Å². The van der Waals surface area contributed by atoms with Crippen molar-refractivity contribution in [3.05, 3.63) is 23.8 Å². The lowest BCUT2D eigenvalue weighted by molar-refractivity contribution is -0.146. The highest BCUT2D eigenvalue weighted by atomic mass is 19.4. The average molecular weight is 404 g/mol. The van der Waals surface area contributed by atoms with Crippen LogP contribution in [0.4, 0.5) is 13.2 Å². The van der Waals surface area contributed by atoms with Gasteiger partial charge in [0.1, 0.15) is 0 Å². The van der Waals surface area contributed by atoms with Crippen LogP contribution in [0, 0.1) is 0 Å². The molecule has 0 aliphatic heterocycles. The summed E-state index contributed by atoms with van der Waals surface area (Å²) in [4.78, 5) is 1.52. The predicted molar refractivity (Wildman–Crippen MR) is 108 cm³/mol. The molecule has 0 fully saturated rings. The van der Waals surface area contributed by atoms with Crippen molar-refractivity contribution in [3.63, 3.8) is 0 Å². The Balaban J connectivity index is 2.45. The largest absolute Gasteiger partial charge is 0.493 e. The summed E-state index contributed by atoms with van der Waals surface area (Å²) < 4.78 is 49.2. The topological polar surface area (TPSA) is 21.7 Å². The van der Waals surface area contributed by atoms with E-state index in [9.17, 15) is 13.2 Å². The molecule has 0 atom stereocenters. The van der Waals surface area contributed by atoms with Crippen molar-refractivity contribution >= 4 is 0 Å². The van der Waals surface area contributed by atoms with Gasteiger partial charge >= 0.3 is 6.18 Å². The SMILES string of the molecule is CCCCCCCCCCN(CCc1ccc(OC)c(OC)c1)CC(F)(F)F. The molecule has 0 spiro atoms. The van der Waals surface area contributed by atoms with Gasteiger partial charge in [0.25, 0.3) is 0 Å². The first kappa shape index (κ1) is 24.6. The number of nitrogens with zero attached hydrogens (tertiary/aromatic N) is 1. The molecule has 1 aromatic carbocycles. The fourth-order valence-corrected chi connectivity index (χ4v) is 3.32. The van der Waals surface area contributed by atoms with Gasteiger partial charge in [-0.3, -0.25) is 4.90 Å². The molecule has 3 nitrogen and oxygen atoms in total. The van der Waals surface area contributed by atoms with Crippen molar-refractivity contribution in [2.75, 3.05) is 33.9 Å². The number of hydrogen-bond acceptors (Lipinski definition) is 3. The van der Waals surface area contributed by atoms with Crippen molar-refractivity contribution in [1.82, 2.24) is 4.90 Å². The normalized spacial score (nSPS) is 11.8. The highest BCUT2D eigenvalue weighted by Gasteiger charge is 2.30. The second-order valence-corrected chi connectivity index (χ2v) is 7.31. The van der Waals surface area contributed by atoms with E-state index in [2.05, 4.69) is 6.92 Å². The Labute approximate surface area is 168 Å². The maximum atomic E-state index is 12.9. The number of methoxy groups -OCH3 is 2. The summed E-state index contributed by atoms with van der Waals surface area (Å²) >= 11 is 0. The Hall–Kier alpha value is -1.43. The number of alkyl halides is 3. The molecule has 6 heteroatoms. The fourth-order valence-electron chi connectivity index (χ4n) is 3.32. The molecule has 0 aliphatic carbocycles. The highest BCUT2D eigenvalue weighted by Crippen LogP contribution is 2.28. The average Bonchev–Trinajstić information content (AvgIpc) is 2.66. The van der Waals surface area contributed by atoms with E-state index >= 15 is 0 Å². The molecule has 0 aliphatic rings. The van der Waals surface area contributed by atoms with Gasteiger partial charge in [-0.1, -0.05) is 57.9 Å². The molecule has 0 unspecified atom stereocenters. The maximum Gasteiger partial charge on any atom is 0.401 e. The number of ether oxygens (including phenoxy) is 2. The minimum absolute atomic E-state index is 0.380. The minimum Gasteiger partial charge on any atom is -0.493 e. The molecule has 0 heterocycles. The third kappa shape index (κ3) is 10.8. The summed E-state index contributed by atoms with van der Waals surface area (Å²) in [5, 5.41) is 0. The van der Waals surface area contributed by atoms with Crippen LogP contribution in [0.25, 0.3) is 0 Å². The van der Waals surface area contributed by atoms with Crippen LogP contribution in [0.5, 0.6) is 11.5 Å². The fraction of sp³-hybridized carbons (Fsp3) is 0.727. The zero-order valence-corrected chi connectivity index (χ0v) is 17.6. The summed E-state index contributed by atoms with van der Waals surface area (Å²) in [6.45, 7) is 2.21. The third-order valence-electron chi connectivity index (χ3n) is 4.90. The zero-order chi connectivity index (χ0) is 20.8. The molecule has 1 rings (SSSR count). The summed E-state index contributed by atoms with van der Waals surface area (Å²) in [6, 6.07) is 5.51. The molecule has 28 heavy (non-hydrogen) atoms. The molecular formula is C22H36F3NO2. The lowest BCUT2D eigenvalue weighted by atomic mass is 10.1. The molecule has 1 aromatic rings. The number of hydrogen-bond donors (Lipinski definition) is 0. The van der Waals surface area contributed by atoms with Gasteiger partial charge in [-0.05, 0) is 37.1 Å². The summed E-state index contributed by atoms with van der Waals surface area (Å²) in [5.74, 6) is 1.22. The molecule has 0 bridgehead atoms. The second-order valence-electron chi connectivity index (χ2n) is 7.31. The second kappa shape index (κ2) is 13.7. The summed E-state index contributed by atoms with van der Waals surface area (Å²) in [7, 11) is 3.12. The molecule has 0 amide bonds. The van der Waals surface area contributed by atoms with Crippen LogP contribution in [-0.4, -0.2) is 44.9 Å². The van der Waals surface area contributed by atoms with Crippen LogP contribution in [0.1, 0.15) is 63.9 Å².